The van der Waals surface area contributed by atoms with Gasteiger partial charge in [-0.25, -0.2) is 0 Å². The van der Waals surface area contributed by atoms with Crippen molar-refractivity contribution in [1.82, 2.24) is 0 Å². The minimum absolute atomic E-state index is 0.0233. The predicted octanol–water partition coefficient (Wildman–Crippen LogP) is 9.48. The van der Waals surface area contributed by atoms with Gasteiger partial charge in [0.05, 0.1) is 25.4 Å². The lowest BCUT2D eigenvalue weighted by Gasteiger charge is -2.24. The predicted molar refractivity (Wildman–Crippen MR) is 252 cm³/mol. The van der Waals surface area contributed by atoms with E-state index in [0.29, 0.717) is 54.2 Å². The highest BCUT2D eigenvalue weighted by Gasteiger charge is 2.34. The highest BCUT2D eigenvalue weighted by molar-refractivity contribution is 7.79. The van der Waals surface area contributed by atoms with Crippen molar-refractivity contribution in [2.45, 2.75) is 25.4 Å². The van der Waals surface area contributed by atoms with Crippen LogP contribution in [0.25, 0.3) is 21.5 Å². The molecule has 8 aromatic rings. The maximum atomic E-state index is 14.4. The Morgan fingerprint density at radius 3 is 1.00 bits per heavy atom. The number of phenolic OH excluding ortho intramolecular Hbond substituents is 2. The number of aliphatic hydroxyl groups excluding tert-OH is 2. The number of aliphatic hydroxyl groups is 2. The third kappa shape index (κ3) is 9.33. The zero-order valence-electron chi connectivity index (χ0n) is 34.6. The molecule has 0 spiro atoms. The fourth-order valence-electron chi connectivity index (χ4n) is 8.05. The van der Waals surface area contributed by atoms with Crippen LogP contribution in [-0.2, 0) is 31.8 Å². The molecule has 0 heterocycles. The first kappa shape index (κ1) is 44.2. The lowest BCUT2D eigenvalue weighted by atomic mass is 9.97. The Labute approximate surface area is 362 Å². The minimum atomic E-state index is -3.13. The molecule has 0 amide bonds. The first-order valence-electron chi connectivity index (χ1n) is 20.3. The second-order valence-electron chi connectivity index (χ2n) is 15.1. The number of ether oxygens (including phenoxy) is 2. The number of hydrogen-bond acceptors (Lipinski definition) is 8. The SMILES string of the molecule is COCc1c(C(O)CP(=O)(c2ccccc2)c2ccccc2)cc2ccccc2c1O.COCc1c(C(O)CP(=O)(c2ccccc2)c2ccccc2)cc2ccccc2c1O. The fourth-order valence-corrected chi connectivity index (χ4v) is 13.5. The van der Waals surface area contributed by atoms with Gasteiger partial charge in [0.1, 0.15) is 25.8 Å². The Bertz CT molecular complexity index is 2550. The van der Waals surface area contributed by atoms with Gasteiger partial charge >= 0.3 is 0 Å². The zero-order chi connectivity index (χ0) is 43.7. The maximum Gasteiger partial charge on any atom is 0.146 e. The van der Waals surface area contributed by atoms with Crippen LogP contribution in [-0.4, -0.2) is 47.0 Å². The highest BCUT2D eigenvalue weighted by Crippen LogP contribution is 2.49. The standard InChI is InChI=1S/2C26H25O4P/c2*1-30-17-24-23(16-19-10-8-9-15-22(19)26(24)28)25(27)18-31(29,20-11-4-2-5-12-20)21-13-6-3-7-14-21/h2*2-16,25,27-28H,17-18H2,1H3. The zero-order valence-corrected chi connectivity index (χ0v) is 36.4. The average Bonchev–Trinajstić information content (AvgIpc) is 3.32. The normalized spacial score (nSPS) is 12.7. The van der Waals surface area contributed by atoms with Gasteiger partial charge in [0, 0.05) is 69.7 Å². The molecular weight excluding hydrogens is 815 g/mol. The van der Waals surface area contributed by atoms with Gasteiger partial charge in [-0.05, 0) is 34.0 Å². The fraction of sp³-hybridized carbons (Fsp3) is 0.154. The molecule has 0 bridgehead atoms. The molecule has 316 valence electrons. The van der Waals surface area contributed by atoms with Gasteiger partial charge in [-0.3, -0.25) is 0 Å². The van der Waals surface area contributed by atoms with E-state index in [1.807, 2.05) is 182 Å². The highest BCUT2D eigenvalue weighted by atomic mass is 31.2. The van der Waals surface area contributed by atoms with Crippen LogP contribution in [0.15, 0.2) is 182 Å². The summed E-state index contributed by atoms with van der Waals surface area (Å²) in [6.45, 7) is 0.286. The van der Waals surface area contributed by atoms with Crippen molar-refractivity contribution in [2.24, 2.45) is 0 Å². The van der Waals surface area contributed by atoms with E-state index in [1.54, 1.807) is 14.2 Å². The summed E-state index contributed by atoms with van der Waals surface area (Å²) < 4.78 is 39.3. The largest absolute Gasteiger partial charge is 0.507 e. The molecule has 4 N–H and O–H groups in total. The van der Waals surface area contributed by atoms with E-state index >= 15 is 0 Å². The first-order valence-corrected chi connectivity index (χ1v) is 24.1. The number of aromatic hydroxyl groups is 2. The van der Waals surface area contributed by atoms with Crippen molar-refractivity contribution in [1.29, 1.82) is 0 Å². The van der Waals surface area contributed by atoms with Crippen LogP contribution in [0.3, 0.4) is 0 Å². The van der Waals surface area contributed by atoms with Crippen LogP contribution in [0.5, 0.6) is 11.5 Å². The van der Waals surface area contributed by atoms with Crippen molar-refractivity contribution in [3.05, 3.63) is 204 Å². The minimum Gasteiger partial charge on any atom is -0.507 e. The third-order valence-electron chi connectivity index (χ3n) is 11.2. The first-order chi connectivity index (χ1) is 30.1. The second kappa shape index (κ2) is 19.9. The smallest absolute Gasteiger partial charge is 0.146 e. The van der Waals surface area contributed by atoms with Gasteiger partial charge in [-0.2, -0.15) is 0 Å². The molecule has 0 aliphatic rings. The molecule has 8 nitrogen and oxygen atoms in total. The van der Waals surface area contributed by atoms with Crippen LogP contribution in [0, 0.1) is 0 Å². The van der Waals surface area contributed by atoms with Crippen molar-refractivity contribution in [3.63, 3.8) is 0 Å². The molecule has 8 rings (SSSR count). The van der Waals surface area contributed by atoms with Crippen LogP contribution in [0.2, 0.25) is 0 Å². The summed E-state index contributed by atoms with van der Waals surface area (Å²) in [4.78, 5) is 0. The van der Waals surface area contributed by atoms with E-state index in [1.165, 1.54) is 0 Å². The Hall–Kier alpha value is -5.82. The van der Waals surface area contributed by atoms with Crippen molar-refractivity contribution >= 4 is 57.0 Å². The van der Waals surface area contributed by atoms with Crippen LogP contribution >= 0.6 is 14.3 Å². The van der Waals surface area contributed by atoms with E-state index in [2.05, 4.69) is 0 Å². The number of hydrogen-bond donors (Lipinski definition) is 4. The summed E-state index contributed by atoms with van der Waals surface area (Å²) >= 11 is 0. The molecule has 0 fully saturated rings. The number of fused-ring (bicyclic) bond motifs is 2. The Balaban J connectivity index is 0.000000186. The molecular formula is C52H50O8P2. The summed E-state index contributed by atoms with van der Waals surface area (Å²) in [5, 5.41) is 50.2. The Morgan fingerprint density at radius 1 is 0.435 bits per heavy atom. The Kier molecular flexibility index (Phi) is 14.2. The van der Waals surface area contributed by atoms with E-state index in [4.69, 9.17) is 9.47 Å². The van der Waals surface area contributed by atoms with E-state index in [-0.39, 0.29) is 37.0 Å². The monoisotopic (exact) mass is 864 g/mol. The molecule has 0 saturated heterocycles. The van der Waals surface area contributed by atoms with Crippen LogP contribution < -0.4 is 21.2 Å². The van der Waals surface area contributed by atoms with Gasteiger partial charge in [-0.1, -0.05) is 170 Å². The molecule has 0 saturated carbocycles. The lowest BCUT2D eigenvalue weighted by Crippen LogP contribution is -2.22. The van der Waals surface area contributed by atoms with E-state index < -0.39 is 26.5 Å². The Morgan fingerprint density at radius 2 is 0.710 bits per heavy atom. The molecule has 62 heavy (non-hydrogen) atoms. The van der Waals surface area contributed by atoms with E-state index in [0.717, 1.165) is 10.8 Å². The molecule has 2 unspecified atom stereocenters. The van der Waals surface area contributed by atoms with Crippen LogP contribution in [0.1, 0.15) is 34.5 Å². The van der Waals surface area contributed by atoms with Crippen molar-refractivity contribution in [3.8, 4) is 11.5 Å². The molecule has 8 aromatic carbocycles. The van der Waals surface area contributed by atoms with Gasteiger partial charge in [0.15, 0.2) is 0 Å². The summed E-state index contributed by atoms with van der Waals surface area (Å²) in [5.41, 5.74) is 2.10. The van der Waals surface area contributed by atoms with Crippen molar-refractivity contribution in [2.75, 3.05) is 26.5 Å². The molecule has 0 aliphatic carbocycles. The van der Waals surface area contributed by atoms with E-state index in [9.17, 15) is 29.6 Å². The summed E-state index contributed by atoms with van der Waals surface area (Å²) in [6.07, 6.45) is -2.05. The molecule has 10 heteroatoms. The topological polar surface area (TPSA) is 134 Å². The quantitative estimate of drug-likeness (QED) is 0.0796. The van der Waals surface area contributed by atoms with Gasteiger partial charge in [0.2, 0.25) is 0 Å². The summed E-state index contributed by atoms with van der Waals surface area (Å²) in [6, 6.07) is 55.7. The number of benzene rings is 8. The summed E-state index contributed by atoms with van der Waals surface area (Å²) in [5.74, 6) is 0.173. The molecule has 2 atom stereocenters. The van der Waals surface area contributed by atoms with Gasteiger partial charge < -0.3 is 39.0 Å². The third-order valence-corrected chi connectivity index (χ3v) is 17.4. The number of phenols is 2. The number of rotatable bonds is 14. The molecule has 0 aromatic heterocycles. The van der Waals surface area contributed by atoms with Crippen LogP contribution in [0.4, 0.5) is 0 Å². The van der Waals surface area contributed by atoms with Gasteiger partial charge in [0.25, 0.3) is 0 Å². The second-order valence-corrected chi connectivity index (χ2v) is 20.9. The maximum absolute atomic E-state index is 14.4. The lowest BCUT2D eigenvalue weighted by molar-refractivity contribution is 0.169. The molecule has 0 radical (unpaired) electrons. The van der Waals surface area contributed by atoms with Crippen molar-refractivity contribution < 1.29 is 39.0 Å². The molecule has 0 aliphatic heterocycles. The average molecular weight is 865 g/mol. The summed E-state index contributed by atoms with van der Waals surface area (Å²) in [7, 11) is -3.17. The number of methoxy groups -OCH3 is 2. The van der Waals surface area contributed by atoms with Gasteiger partial charge in [-0.15, -0.1) is 0 Å².